The molecule has 0 aliphatic rings. The Labute approximate surface area is 145 Å². The summed E-state index contributed by atoms with van der Waals surface area (Å²) in [5.41, 5.74) is 2.88. The lowest BCUT2D eigenvalue weighted by atomic mass is 10.2. The molecular formula is C20H18N2O3. The lowest BCUT2D eigenvalue weighted by molar-refractivity contribution is -0.138. The Kier molecular flexibility index (Phi) is 5.61. The molecule has 2 aromatic heterocycles. The molecule has 5 heteroatoms. The topological polar surface area (TPSA) is 64.2 Å². The summed E-state index contributed by atoms with van der Waals surface area (Å²) in [4.78, 5) is 18.6. The molecular weight excluding hydrogens is 316 g/mol. The average molecular weight is 334 g/mol. The smallest absolute Gasteiger partial charge is 0.331 e. The van der Waals surface area contributed by atoms with E-state index < -0.39 is 0 Å². The SMILES string of the molecule is O=C(/C=C/c1cc[nH]c1)OCc1ccc(OCc2ccncc2)cc1. The van der Waals surface area contributed by atoms with Gasteiger partial charge in [0, 0.05) is 30.9 Å². The zero-order valence-electron chi connectivity index (χ0n) is 13.6. The molecule has 0 unspecified atom stereocenters. The minimum Gasteiger partial charge on any atom is -0.489 e. The zero-order chi connectivity index (χ0) is 17.3. The van der Waals surface area contributed by atoms with E-state index in [2.05, 4.69) is 9.97 Å². The number of hydrogen-bond acceptors (Lipinski definition) is 4. The summed E-state index contributed by atoms with van der Waals surface area (Å²) in [6.07, 6.45) is 10.2. The van der Waals surface area contributed by atoms with Crippen LogP contribution in [-0.4, -0.2) is 15.9 Å². The summed E-state index contributed by atoms with van der Waals surface area (Å²) in [6.45, 7) is 0.710. The fourth-order valence-electron chi connectivity index (χ4n) is 2.13. The number of esters is 1. The minimum absolute atomic E-state index is 0.223. The molecule has 0 amide bonds. The number of carbonyl (C=O) groups is 1. The Balaban J connectivity index is 1.45. The highest BCUT2D eigenvalue weighted by Gasteiger charge is 2.01. The predicted octanol–water partition coefficient (Wildman–Crippen LogP) is 3.75. The molecule has 3 aromatic rings. The monoisotopic (exact) mass is 334 g/mol. The van der Waals surface area contributed by atoms with Crippen LogP contribution in [0.3, 0.4) is 0 Å². The predicted molar refractivity (Wildman–Crippen MR) is 94.6 cm³/mol. The molecule has 0 aliphatic heterocycles. The van der Waals surface area contributed by atoms with E-state index in [0.29, 0.717) is 6.61 Å². The van der Waals surface area contributed by atoms with Crippen LogP contribution >= 0.6 is 0 Å². The fourth-order valence-corrected chi connectivity index (χ4v) is 2.13. The number of aromatic amines is 1. The zero-order valence-corrected chi connectivity index (χ0v) is 13.6. The summed E-state index contributed by atoms with van der Waals surface area (Å²) >= 11 is 0. The molecule has 126 valence electrons. The van der Waals surface area contributed by atoms with Gasteiger partial charge in [0.25, 0.3) is 0 Å². The molecule has 5 nitrogen and oxygen atoms in total. The molecule has 0 atom stereocenters. The normalized spacial score (nSPS) is 10.7. The second-order valence-corrected chi connectivity index (χ2v) is 5.37. The molecule has 0 saturated carbocycles. The number of nitrogens with zero attached hydrogens (tertiary/aromatic N) is 1. The molecule has 0 bridgehead atoms. The van der Waals surface area contributed by atoms with Gasteiger partial charge in [-0.15, -0.1) is 0 Å². The first-order chi connectivity index (χ1) is 12.3. The summed E-state index contributed by atoms with van der Waals surface area (Å²) in [5.74, 6) is 0.387. The number of benzene rings is 1. The van der Waals surface area contributed by atoms with E-state index in [9.17, 15) is 4.79 Å². The Morgan fingerprint density at radius 1 is 1.00 bits per heavy atom. The van der Waals surface area contributed by atoms with E-state index in [4.69, 9.17) is 9.47 Å². The number of ether oxygens (including phenoxy) is 2. The van der Waals surface area contributed by atoms with Gasteiger partial charge in [-0.3, -0.25) is 4.98 Å². The number of carbonyl (C=O) groups excluding carboxylic acids is 1. The number of aromatic nitrogens is 2. The van der Waals surface area contributed by atoms with Crippen molar-refractivity contribution in [2.45, 2.75) is 13.2 Å². The molecule has 3 rings (SSSR count). The van der Waals surface area contributed by atoms with Gasteiger partial charge in [0.2, 0.25) is 0 Å². The van der Waals surface area contributed by atoms with E-state index in [-0.39, 0.29) is 12.6 Å². The van der Waals surface area contributed by atoms with Crippen LogP contribution in [0.2, 0.25) is 0 Å². The van der Waals surface area contributed by atoms with Crippen LogP contribution < -0.4 is 4.74 Å². The van der Waals surface area contributed by atoms with Crippen molar-refractivity contribution >= 4 is 12.0 Å². The lowest BCUT2D eigenvalue weighted by Gasteiger charge is -2.07. The van der Waals surface area contributed by atoms with Crippen molar-refractivity contribution in [2.24, 2.45) is 0 Å². The van der Waals surface area contributed by atoms with E-state index in [0.717, 1.165) is 22.4 Å². The number of H-pyrrole nitrogens is 1. The van der Waals surface area contributed by atoms with Crippen LogP contribution in [0.1, 0.15) is 16.7 Å². The number of rotatable bonds is 7. The Hall–Kier alpha value is -3.34. The van der Waals surface area contributed by atoms with Crippen LogP contribution in [0.5, 0.6) is 5.75 Å². The first-order valence-corrected chi connectivity index (χ1v) is 7.88. The molecule has 0 radical (unpaired) electrons. The van der Waals surface area contributed by atoms with E-state index in [1.165, 1.54) is 6.08 Å². The van der Waals surface area contributed by atoms with Crippen LogP contribution in [-0.2, 0) is 22.7 Å². The summed E-state index contributed by atoms with van der Waals surface area (Å²) in [6, 6.07) is 13.2. The second-order valence-electron chi connectivity index (χ2n) is 5.37. The van der Waals surface area contributed by atoms with Gasteiger partial charge >= 0.3 is 5.97 Å². The number of pyridine rings is 1. The van der Waals surface area contributed by atoms with Gasteiger partial charge in [-0.2, -0.15) is 0 Å². The second kappa shape index (κ2) is 8.49. The fraction of sp³-hybridized carbons (Fsp3) is 0.100. The molecule has 0 saturated heterocycles. The van der Waals surface area contributed by atoms with Gasteiger partial charge in [0.05, 0.1) is 0 Å². The highest BCUT2D eigenvalue weighted by molar-refractivity contribution is 5.86. The third-order valence-electron chi connectivity index (χ3n) is 3.49. The molecule has 0 fully saturated rings. The van der Waals surface area contributed by atoms with Crippen molar-refractivity contribution in [3.63, 3.8) is 0 Å². The third kappa shape index (κ3) is 5.35. The van der Waals surface area contributed by atoms with E-state index >= 15 is 0 Å². The molecule has 25 heavy (non-hydrogen) atoms. The van der Waals surface area contributed by atoms with Crippen molar-refractivity contribution in [3.05, 3.63) is 90.0 Å². The molecule has 2 heterocycles. The summed E-state index contributed by atoms with van der Waals surface area (Å²) < 4.78 is 10.9. The average Bonchev–Trinajstić information content (AvgIpc) is 3.18. The van der Waals surface area contributed by atoms with Crippen LogP contribution in [0, 0.1) is 0 Å². The van der Waals surface area contributed by atoms with Crippen molar-refractivity contribution in [2.75, 3.05) is 0 Å². The summed E-state index contributed by atoms with van der Waals surface area (Å²) in [7, 11) is 0. The Morgan fingerprint density at radius 3 is 2.48 bits per heavy atom. The highest BCUT2D eigenvalue weighted by Crippen LogP contribution is 2.15. The van der Waals surface area contributed by atoms with Gasteiger partial charge in [0.1, 0.15) is 19.0 Å². The maximum atomic E-state index is 11.7. The van der Waals surface area contributed by atoms with Crippen molar-refractivity contribution in [1.29, 1.82) is 0 Å². The molecule has 1 N–H and O–H groups in total. The van der Waals surface area contributed by atoms with E-state index in [1.807, 2.05) is 42.5 Å². The van der Waals surface area contributed by atoms with Crippen molar-refractivity contribution < 1.29 is 14.3 Å². The molecule has 1 aromatic carbocycles. The van der Waals surface area contributed by atoms with Gasteiger partial charge in [-0.1, -0.05) is 12.1 Å². The van der Waals surface area contributed by atoms with Crippen LogP contribution in [0.25, 0.3) is 6.08 Å². The summed E-state index contributed by atoms with van der Waals surface area (Å²) in [5, 5.41) is 0. The van der Waals surface area contributed by atoms with Crippen molar-refractivity contribution in [1.82, 2.24) is 9.97 Å². The van der Waals surface area contributed by atoms with Gasteiger partial charge < -0.3 is 14.5 Å². The number of nitrogens with one attached hydrogen (secondary N) is 1. The van der Waals surface area contributed by atoms with Gasteiger partial charge in [0.15, 0.2) is 0 Å². The Bertz CT molecular complexity index is 810. The quantitative estimate of drug-likeness (QED) is 0.528. The molecule has 0 spiro atoms. The maximum Gasteiger partial charge on any atom is 0.331 e. The Morgan fingerprint density at radius 2 is 1.76 bits per heavy atom. The van der Waals surface area contributed by atoms with Crippen LogP contribution in [0.15, 0.2) is 73.3 Å². The van der Waals surface area contributed by atoms with Gasteiger partial charge in [-0.05, 0) is 53.1 Å². The van der Waals surface area contributed by atoms with Crippen molar-refractivity contribution in [3.8, 4) is 5.75 Å². The van der Waals surface area contributed by atoms with E-state index in [1.54, 1.807) is 30.9 Å². The minimum atomic E-state index is -0.376. The first-order valence-electron chi connectivity index (χ1n) is 7.88. The maximum absolute atomic E-state index is 11.7. The highest BCUT2D eigenvalue weighted by atomic mass is 16.5. The standard InChI is InChI=1S/C20H18N2O3/c23-20(6-3-16-7-12-22-13-16)25-15-17-1-4-19(5-2-17)24-14-18-8-10-21-11-9-18/h1-13,22H,14-15H2/b6-3+. The van der Waals surface area contributed by atoms with Crippen LogP contribution in [0.4, 0.5) is 0 Å². The first kappa shape index (κ1) is 16.5. The lowest BCUT2D eigenvalue weighted by Crippen LogP contribution is -2.01. The third-order valence-corrected chi connectivity index (χ3v) is 3.49. The number of hydrogen-bond donors (Lipinski definition) is 1. The molecule has 0 aliphatic carbocycles. The largest absolute Gasteiger partial charge is 0.489 e. The van der Waals surface area contributed by atoms with Gasteiger partial charge in [-0.25, -0.2) is 4.79 Å².